The van der Waals surface area contributed by atoms with Gasteiger partial charge in [-0.25, -0.2) is 0 Å². The molecule has 6 rings (SSSR count). The van der Waals surface area contributed by atoms with Crippen molar-refractivity contribution in [1.29, 1.82) is 0 Å². The maximum atomic E-state index is 13.3. The fourth-order valence-corrected chi connectivity index (χ4v) is 5.23. The van der Waals surface area contributed by atoms with Crippen molar-refractivity contribution in [3.63, 3.8) is 0 Å². The zero-order valence-corrected chi connectivity index (χ0v) is 21.0. The van der Waals surface area contributed by atoms with Crippen LogP contribution in [0.1, 0.15) is 26.5 Å². The molecule has 0 atom stereocenters. The SMILES string of the molecule is O=C1c2cccc(N3CCN(Cc4ccc(-c5cccc(Cl)c5)o4)CC3)c2C(=O)N1CCn1cccn1. The molecule has 1 fully saturated rings. The Kier molecular flexibility index (Phi) is 6.28. The lowest BCUT2D eigenvalue weighted by Crippen LogP contribution is -2.46. The van der Waals surface area contributed by atoms with E-state index in [2.05, 4.69) is 14.9 Å². The van der Waals surface area contributed by atoms with Crippen molar-refractivity contribution in [3.05, 3.63) is 95.0 Å². The number of carbonyl (C=O) groups is 2. The molecule has 1 saturated heterocycles. The van der Waals surface area contributed by atoms with Crippen molar-refractivity contribution in [2.45, 2.75) is 13.1 Å². The van der Waals surface area contributed by atoms with E-state index in [1.54, 1.807) is 16.9 Å². The number of nitrogens with zero attached hydrogens (tertiary/aromatic N) is 5. The highest BCUT2D eigenvalue weighted by Gasteiger charge is 2.38. The van der Waals surface area contributed by atoms with E-state index in [-0.39, 0.29) is 11.8 Å². The van der Waals surface area contributed by atoms with E-state index in [0.717, 1.165) is 49.0 Å². The number of carbonyl (C=O) groups excluding carboxylic acids is 2. The maximum absolute atomic E-state index is 13.3. The number of aromatic nitrogens is 2. The minimum atomic E-state index is -0.235. The third kappa shape index (κ3) is 4.65. The van der Waals surface area contributed by atoms with Crippen molar-refractivity contribution in [3.8, 4) is 11.3 Å². The Bertz CT molecular complexity index is 1440. The van der Waals surface area contributed by atoms with Crippen LogP contribution in [-0.4, -0.2) is 64.1 Å². The van der Waals surface area contributed by atoms with Crippen molar-refractivity contribution >= 4 is 29.1 Å². The molecule has 188 valence electrons. The molecule has 4 heterocycles. The van der Waals surface area contributed by atoms with Crippen LogP contribution in [0.3, 0.4) is 0 Å². The van der Waals surface area contributed by atoms with Gasteiger partial charge in [-0.2, -0.15) is 5.10 Å². The van der Waals surface area contributed by atoms with E-state index in [4.69, 9.17) is 16.0 Å². The van der Waals surface area contributed by atoms with Crippen molar-refractivity contribution in [2.24, 2.45) is 0 Å². The molecule has 2 aromatic heterocycles. The first-order chi connectivity index (χ1) is 18.1. The summed E-state index contributed by atoms with van der Waals surface area (Å²) in [5.41, 5.74) is 2.78. The number of furan rings is 1. The second-order valence-electron chi connectivity index (χ2n) is 9.27. The Balaban J connectivity index is 1.11. The summed E-state index contributed by atoms with van der Waals surface area (Å²) in [6, 6.07) is 19.0. The molecule has 2 aromatic carbocycles. The van der Waals surface area contributed by atoms with Crippen LogP contribution in [0.25, 0.3) is 11.3 Å². The van der Waals surface area contributed by atoms with Crippen molar-refractivity contribution in [2.75, 3.05) is 37.6 Å². The van der Waals surface area contributed by atoms with Crippen LogP contribution < -0.4 is 4.90 Å². The molecule has 8 nitrogen and oxygen atoms in total. The van der Waals surface area contributed by atoms with Crippen LogP contribution >= 0.6 is 11.6 Å². The lowest BCUT2D eigenvalue weighted by Gasteiger charge is -2.36. The first kappa shape index (κ1) is 23.5. The van der Waals surface area contributed by atoms with E-state index in [1.165, 1.54) is 4.90 Å². The van der Waals surface area contributed by atoms with Crippen LogP contribution in [-0.2, 0) is 13.1 Å². The Morgan fingerprint density at radius 2 is 1.73 bits per heavy atom. The summed E-state index contributed by atoms with van der Waals surface area (Å²) < 4.78 is 7.80. The Morgan fingerprint density at radius 1 is 0.892 bits per heavy atom. The van der Waals surface area contributed by atoms with Crippen LogP contribution in [0, 0.1) is 0 Å². The van der Waals surface area contributed by atoms with Crippen LogP contribution in [0.4, 0.5) is 5.69 Å². The highest BCUT2D eigenvalue weighted by atomic mass is 35.5. The summed E-state index contributed by atoms with van der Waals surface area (Å²) in [5.74, 6) is 1.24. The molecule has 37 heavy (non-hydrogen) atoms. The van der Waals surface area contributed by atoms with Gasteiger partial charge in [0.15, 0.2) is 0 Å². The van der Waals surface area contributed by atoms with E-state index < -0.39 is 0 Å². The third-order valence-electron chi connectivity index (χ3n) is 6.95. The molecule has 2 aliphatic heterocycles. The van der Waals surface area contributed by atoms with Gasteiger partial charge in [0, 0.05) is 55.7 Å². The van der Waals surface area contributed by atoms with Gasteiger partial charge < -0.3 is 9.32 Å². The molecule has 0 spiro atoms. The Labute approximate surface area is 219 Å². The average Bonchev–Trinajstić information content (AvgIpc) is 3.65. The van der Waals surface area contributed by atoms with Gasteiger partial charge in [0.25, 0.3) is 11.8 Å². The summed E-state index contributed by atoms with van der Waals surface area (Å²) >= 11 is 6.12. The van der Waals surface area contributed by atoms with Gasteiger partial charge >= 0.3 is 0 Å². The predicted octanol–water partition coefficient (Wildman–Crippen LogP) is 4.41. The number of amides is 2. The van der Waals surface area contributed by atoms with Crippen LogP contribution in [0.2, 0.25) is 5.02 Å². The van der Waals surface area contributed by atoms with Crippen LogP contribution in [0.15, 0.2) is 77.5 Å². The van der Waals surface area contributed by atoms with Gasteiger partial charge in [-0.3, -0.25) is 24.1 Å². The number of hydrogen-bond donors (Lipinski definition) is 0. The molecular formula is C28H26ClN5O3. The number of benzene rings is 2. The second kappa shape index (κ2) is 9.88. The van der Waals surface area contributed by atoms with Gasteiger partial charge in [0.05, 0.1) is 29.9 Å². The predicted molar refractivity (Wildman–Crippen MR) is 141 cm³/mol. The average molecular weight is 516 g/mol. The Hall–Kier alpha value is -3.88. The molecule has 9 heteroatoms. The fraction of sp³-hybridized carbons (Fsp3) is 0.250. The summed E-state index contributed by atoms with van der Waals surface area (Å²) in [5, 5.41) is 4.85. The van der Waals surface area contributed by atoms with Gasteiger partial charge in [0.2, 0.25) is 0 Å². The molecule has 0 N–H and O–H groups in total. The topological polar surface area (TPSA) is 74.8 Å². The van der Waals surface area contributed by atoms with E-state index in [0.29, 0.717) is 35.8 Å². The fourth-order valence-electron chi connectivity index (χ4n) is 5.04. The molecule has 0 aliphatic carbocycles. The number of piperazine rings is 1. The summed E-state index contributed by atoms with van der Waals surface area (Å²) in [4.78, 5) is 32.2. The second-order valence-corrected chi connectivity index (χ2v) is 9.71. The molecule has 0 saturated carbocycles. The number of fused-ring (bicyclic) bond motifs is 1. The van der Waals surface area contributed by atoms with Gasteiger partial charge in [-0.05, 0) is 42.5 Å². The molecule has 0 radical (unpaired) electrons. The quantitative estimate of drug-likeness (QED) is 0.339. The number of halogens is 1. The molecule has 0 unspecified atom stereocenters. The highest BCUT2D eigenvalue weighted by molar-refractivity contribution is 6.30. The summed E-state index contributed by atoms with van der Waals surface area (Å²) in [7, 11) is 0. The van der Waals surface area contributed by atoms with Crippen LogP contribution in [0.5, 0.6) is 0 Å². The molecule has 4 aromatic rings. The first-order valence-corrected chi connectivity index (χ1v) is 12.7. The lowest BCUT2D eigenvalue weighted by atomic mass is 10.1. The van der Waals surface area contributed by atoms with Gasteiger partial charge in [0.1, 0.15) is 11.5 Å². The minimum absolute atomic E-state index is 0.227. The zero-order valence-electron chi connectivity index (χ0n) is 20.2. The smallest absolute Gasteiger partial charge is 0.263 e. The number of hydrogen-bond acceptors (Lipinski definition) is 6. The van der Waals surface area contributed by atoms with Gasteiger partial charge in [-0.1, -0.05) is 29.8 Å². The monoisotopic (exact) mass is 515 g/mol. The van der Waals surface area contributed by atoms with E-state index in [9.17, 15) is 9.59 Å². The molecule has 0 bridgehead atoms. The van der Waals surface area contributed by atoms with Crippen molar-refractivity contribution in [1.82, 2.24) is 19.6 Å². The summed E-state index contributed by atoms with van der Waals surface area (Å²) in [6.45, 7) is 4.63. The number of anilines is 1. The third-order valence-corrected chi connectivity index (χ3v) is 7.19. The normalized spacial score (nSPS) is 16.0. The van der Waals surface area contributed by atoms with Gasteiger partial charge in [-0.15, -0.1) is 0 Å². The number of rotatable bonds is 7. The molecule has 2 amide bonds. The first-order valence-electron chi connectivity index (χ1n) is 12.4. The lowest BCUT2D eigenvalue weighted by molar-refractivity contribution is 0.0647. The number of imide groups is 1. The molecular weight excluding hydrogens is 490 g/mol. The van der Waals surface area contributed by atoms with Crippen molar-refractivity contribution < 1.29 is 14.0 Å². The highest BCUT2D eigenvalue weighted by Crippen LogP contribution is 2.33. The largest absolute Gasteiger partial charge is 0.460 e. The molecule has 2 aliphatic rings. The Morgan fingerprint density at radius 3 is 2.51 bits per heavy atom. The minimum Gasteiger partial charge on any atom is -0.460 e. The summed E-state index contributed by atoms with van der Waals surface area (Å²) in [6.07, 6.45) is 3.51. The van der Waals surface area contributed by atoms with E-state index in [1.807, 2.05) is 60.8 Å². The van der Waals surface area contributed by atoms with E-state index >= 15 is 0 Å². The standard InChI is InChI=1S/C28H26ClN5O3/c29-21-5-1-4-20(18-21)25-9-8-22(37-25)19-31-12-14-32(15-13-31)24-7-2-6-23-26(24)28(36)34(27(23)35)17-16-33-11-3-10-30-33/h1-11,18H,12-17,19H2. The maximum Gasteiger partial charge on any atom is 0.263 e. The zero-order chi connectivity index (χ0) is 25.4.